The van der Waals surface area contributed by atoms with E-state index < -0.39 is 0 Å². The molecule has 1 heterocycles. The zero-order valence-electron chi connectivity index (χ0n) is 11.4. The highest BCUT2D eigenvalue weighted by Gasteiger charge is 2.62. The van der Waals surface area contributed by atoms with Crippen molar-refractivity contribution in [2.24, 2.45) is 22.7 Å². The predicted octanol–water partition coefficient (Wildman–Crippen LogP) is 3.68. The number of aliphatic hydroxyl groups excluding tert-OH is 1. The standard InChI is InChI=1S/C15H24O2/c1-9-5-6-14(3)12(7-9)17-13-10(2)15(14,4)8-11(13)16/h8-10,12-13,16H,5-7H2,1-4H3/t9-,10-,12-,13+,14+,15+/m1/s1. The molecule has 17 heavy (non-hydrogen) atoms. The molecule has 2 fully saturated rings. The fourth-order valence-corrected chi connectivity index (χ4v) is 4.41. The van der Waals surface area contributed by atoms with Crippen LogP contribution in [0.5, 0.6) is 0 Å². The number of fused-ring (bicyclic) bond motifs is 4. The van der Waals surface area contributed by atoms with Crippen LogP contribution in [0.3, 0.4) is 0 Å². The molecule has 0 radical (unpaired) electrons. The summed E-state index contributed by atoms with van der Waals surface area (Å²) >= 11 is 0. The van der Waals surface area contributed by atoms with Gasteiger partial charge in [-0.2, -0.15) is 0 Å². The summed E-state index contributed by atoms with van der Waals surface area (Å²) in [6.45, 7) is 9.23. The van der Waals surface area contributed by atoms with E-state index in [1.807, 2.05) is 0 Å². The summed E-state index contributed by atoms with van der Waals surface area (Å²) in [4.78, 5) is 0. The van der Waals surface area contributed by atoms with Crippen molar-refractivity contribution in [2.75, 3.05) is 0 Å². The molecule has 2 nitrogen and oxygen atoms in total. The Morgan fingerprint density at radius 1 is 1.35 bits per heavy atom. The molecule has 3 rings (SSSR count). The summed E-state index contributed by atoms with van der Waals surface area (Å²) in [7, 11) is 0. The molecule has 0 spiro atoms. The van der Waals surface area contributed by atoms with E-state index in [4.69, 9.17) is 4.74 Å². The van der Waals surface area contributed by atoms with Gasteiger partial charge >= 0.3 is 0 Å². The lowest BCUT2D eigenvalue weighted by atomic mass is 9.52. The van der Waals surface area contributed by atoms with E-state index in [1.165, 1.54) is 12.8 Å². The van der Waals surface area contributed by atoms with Gasteiger partial charge in [-0.1, -0.05) is 27.7 Å². The van der Waals surface area contributed by atoms with Gasteiger partial charge < -0.3 is 9.84 Å². The van der Waals surface area contributed by atoms with E-state index >= 15 is 0 Å². The van der Waals surface area contributed by atoms with Gasteiger partial charge in [-0.25, -0.2) is 0 Å². The second-order valence-electron chi connectivity index (χ2n) is 6.98. The zero-order valence-corrected chi connectivity index (χ0v) is 11.4. The molecular formula is C15H24O2. The predicted molar refractivity (Wildman–Crippen MR) is 67.8 cm³/mol. The second kappa shape index (κ2) is 3.28. The summed E-state index contributed by atoms with van der Waals surface area (Å²) in [5, 5.41) is 10.1. The molecular weight excluding hydrogens is 212 g/mol. The first-order valence-electron chi connectivity index (χ1n) is 6.95. The van der Waals surface area contributed by atoms with Gasteiger partial charge in [0.1, 0.15) is 11.9 Å². The van der Waals surface area contributed by atoms with Crippen LogP contribution < -0.4 is 0 Å². The van der Waals surface area contributed by atoms with Crippen molar-refractivity contribution in [3.05, 3.63) is 11.8 Å². The monoisotopic (exact) mass is 236 g/mol. The molecule has 1 aliphatic heterocycles. The summed E-state index contributed by atoms with van der Waals surface area (Å²) in [6.07, 6.45) is 6.02. The molecule has 1 saturated carbocycles. The van der Waals surface area contributed by atoms with E-state index in [0.717, 1.165) is 12.3 Å². The molecule has 1 N–H and O–H groups in total. The third kappa shape index (κ3) is 1.25. The van der Waals surface area contributed by atoms with E-state index in [0.29, 0.717) is 17.8 Å². The SMILES string of the molecule is C[C@@H]1CC[C@@]2(C)[C@@H](C1)O[C@@H]1C(O)=C[C@@]2(C)[C@@H]1C. The maximum absolute atomic E-state index is 10.1. The minimum Gasteiger partial charge on any atom is -0.510 e. The Morgan fingerprint density at radius 2 is 2.06 bits per heavy atom. The number of hydrogen-bond acceptors (Lipinski definition) is 2. The van der Waals surface area contributed by atoms with Crippen LogP contribution in [-0.2, 0) is 4.74 Å². The number of allylic oxidation sites excluding steroid dienone is 1. The lowest BCUT2D eigenvalue weighted by molar-refractivity contribution is -0.207. The Kier molecular flexibility index (Phi) is 2.24. The average Bonchev–Trinajstić information content (AvgIpc) is 2.42. The van der Waals surface area contributed by atoms with Crippen molar-refractivity contribution in [3.8, 4) is 0 Å². The molecule has 0 aromatic carbocycles. The fraction of sp³-hybridized carbons (Fsp3) is 0.867. The highest BCUT2D eigenvalue weighted by molar-refractivity contribution is 5.27. The van der Waals surface area contributed by atoms with Crippen LogP contribution in [0.1, 0.15) is 47.0 Å². The quantitative estimate of drug-likeness (QED) is 0.695. The summed E-state index contributed by atoms with van der Waals surface area (Å²) in [5.41, 5.74) is 0.296. The van der Waals surface area contributed by atoms with Crippen molar-refractivity contribution < 1.29 is 9.84 Å². The molecule has 0 amide bonds. The molecule has 2 aliphatic carbocycles. The first-order valence-corrected chi connectivity index (χ1v) is 6.95. The lowest BCUT2D eigenvalue weighted by Crippen LogP contribution is -2.57. The van der Waals surface area contributed by atoms with Crippen molar-refractivity contribution in [2.45, 2.75) is 59.2 Å². The molecule has 0 aromatic heterocycles. The van der Waals surface area contributed by atoms with Gasteiger partial charge in [-0.15, -0.1) is 0 Å². The topological polar surface area (TPSA) is 29.5 Å². The van der Waals surface area contributed by atoms with Crippen molar-refractivity contribution >= 4 is 0 Å². The van der Waals surface area contributed by atoms with E-state index in [1.54, 1.807) is 0 Å². The normalized spacial score (nSPS) is 57.5. The Hall–Kier alpha value is -0.500. The number of rotatable bonds is 0. The molecule has 96 valence electrons. The van der Waals surface area contributed by atoms with Gasteiger partial charge in [0.25, 0.3) is 0 Å². The molecule has 0 unspecified atom stereocenters. The first kappa shape index (κ1) is 11.6. The number of hydrogen-bond donors (Lipinski definition) is 1. The van der Waals surface area contributed by atoms with Crippen LogP contribution in [0.15, 0.2) is 11.8 Å². The third-order valence-electron chi connectivity index (χ3n) is 6.16. The second-order valence-corrected chi connectivity index (χ2v) is 6.98. The van der Waals surface area contributed by atoms with Crippen LogP contribution in [0, 0.1) is 22.7 Å². The summed E-state index contributed by atoms with van der Waals surface area (Å²) in [6, 6.07) is 0. The van der Waals surface area contributed by atoms with Gasteiger partial charge in [0, 0.05) is 10.8 Å². The zero-order chi connectivity index (χ0) is 12.4. The Balaban J connectivity index is 2.04. The van der Waals surface area contributed by atoms with Crippen LogP contribution >= 0.6 is 0 Å². The highest BCUT2D eigenvalue weighted by atomic mass is 16.5. The highest BCUT2D eigenvalue weighted by Crippen LogP contribution is 2.63. The minimum absolute atomic E-state index is 0.0524. The van der Waals surface area contributed by atoms with E-state index in [-0.39, 0.29) is 16.9 Å². The van der Waals surface area contributed by atoms with Gasteiger partial charge in [0.05, 0.1) is 6.10 Å². The molecule has 6 atom stereocenters. The van der Waals surface area contributed by atoms with Crippen LogP contribution in [0.4, 0.5) is 0 Å². The molecule has 2 bridgehead atoms. The molecule has 2 heteroatoms. The summed E-state index contributed by atoms with van der Waals surface area (Å²) in [5.74, 6) is 1.63. The largest absolute Gasteiger partial charge is 0.510 e. The smallest absolute Gasteiger partial charge is 0.118 e. The average molecular weight is 236 g/mol. The number of ether oxygens (including phenoxy) is 1. The Bertz CT molecular complexity index is 375. The number of aliphatic hydroxyl groups is 1. The van der Waals surface area contributed by atoms with Crippen molar-refractivity contribution in [3.63, 3.8) is 0 Å². The van der Waals surface area contributed by atoms with Crippen molar-refractivity contribution in [1.29, 1.82) is 0 Å². The van der Waals surface area contributed by atoms with Gasteiger partial charge in [0.15, 0.2) is 0 Å². The molecule has 1 saturated heterocycles. The minimum atomic E-state index is -0.0524. The lowest BCUT2D eigenvalue weighted by Gasteiger charge is -2.58. The van der Waals surface area contributed by atoms with Gasteiger partial charge in [-0.05, 0) is 37.2 Å². The Labute approximate surface area is 104 Å². The molecule has 0 aromatic rings. The van der Waals surface area contributed by atoms with Crippen LogP contribution in [0.2, 0.25) is 0 Å². The fourth-order valence-electron chi connectivity index (χ4n) is 4.41. The van der Waals surface area contributed by atoms with Crippen molar-refractivity contribution in [1.82, 2.24) is 0 Å². The first-order chi connectivity index (χ1) is 7.88. The van der Waals surface area contributed by atoms with Crippen LogP contribution in [0.25, 0.3) is 0 Å². The maximum Gasteiger partial charge on any atom is 0.118 e. The van der Waals surface area contributed by atoms with E-state index in [2.05, 4.69) is 33.8 Å². The van der Waals surface area contributed by atoms with Crippen LogP contribution in [-0.4, -0.2) is 17.3 Å². The maximum atomic E-state index is 10.1. The third-order valence-corrected chi connectivity index (χ3v) is 6.16. The molecule has 3 aliphatic rings. The van der Waals surface area contributed by atoms with E-state index in [9.17, 15) is 5.11 Å². The Morgan fingerprint density at radius 3 is 2.76 bits per heavy atom. The van der Waals surface area contributed by atoms with Gasteiger partial charge in [-0.3, -0.25) is 0 Å². The van der Waals surface area contributed by atoms with Gasteiger partial charge in [0.2, 0.25) is 0 Å². The summed E-state index contributed by atoms with van der Waals surface area (Å²) < 4.78 is 6.23.